The van der Waals surface area contributed by atoms with E-state index in [9.17, 15) is 9.90 Å². The van der Waals surface area contributed by atoms with Gasteiger partial charge in [0, 0.05) is 18.9 Å². The van der Waals surface area contributed by atoms with Crippen molar-refractivity contribution in [2.75, 3.05) is 0 Å². The van der Waals surface area contributed by atoms with E-state index in [0.29, 0.717) is 12.2 Å². The fourth-order valence-corrected chi connectivity index (χ4v) is 1.34. The van der Waals surface area contributed by atoms with Crippen molar-refractivity contribution in [2.24, 2.45) is 0 Å². The van der Waals surface area contributed by atoms with Gasteiger partial charge in [0.25, 0.3) is 0 Å². The number of aromatic nitrogens is 2. The van der Waals surface area contributed by atoms with Gasteiger partial charge in [-0.2, -0.15) is 0 Å². The first-order valence-electron chi connectivity index (χ1n) is 5.31. The van der Waals surface area contributed by atoms with Crippen LogP contribution in [0.5, 0.6) is 0 Å². The number of hydrogen-bond donors (Lipinski definition) is 1. The Labute approximate surface area is 89.9 Å². The summed E-state index contributed by atoms with van der Waals surface area (Å²) in [5.74, 6) is 0.0483. The predicted octanol–water partition coefficient (Wildman–Crippen LogP) is 1.64. The van der Waals surface area contributed by atoms with Gasteiger partial charge >= 0.3 is 0 Å². The fourth-order valence-electron chi connectivity index (χ4n) is 1.34. The van der Waals surface area contributed by atoms with Crippen molar-refractivity contribution in [1.29, 1.82) is 0 Å². The maximum absolute atomic E-state index is 11.9. The lowest BCUT2D eigenvalue weighted by Crippen LogP contribution is -2.36. The van der Waals surface area contributed by atoms with E-state index in [1.165, 1.54) is 6.92 Å². The van der Waals surface area contributed by atoms with E-state index in [-0.39, 0.29) is 5.78 Å². The molecule has 84 valence electrons. The van der Waals surface area contributed by atoms with Gasteiger partial charge in [-0.1, -0.05) is 13.8 Å². The monoisotopic (exact) mass is 210 g/mol. The number of carbonyl (C=O) groups excluding carboxylic acids is 1. The number of ketones is 1. The lowest BCUT2D eigenvalue weighted by Gasteiger charge is -2.19. The molecule has 4 nitrogen and oxygen atoms in total. The van der Waals surface area contributed by atoms with Crippen molar-refractivity contribution in [3.8, 4) is 0 Å². The lowest BCUT2D eigenvalue weighted by atomic mass is 9.97. The standard InChI is InChI=1S/C11H18N2O2/c1-4-7-13-8-6-12-10(13)9(14)11(3,15)5-2/h6,8,15H,4-5,7H2,1-3H3. The van der Waals surface area contributed by atoms with E-state index in [2.05, 4.69) is 4.98 Å². The summed E-state index contributed by atoms with van der Waals surface area (Å²) in [6.07, 6.45) is 4.69. The van der Waals surface area contributed by atoms with Crippen LogP contribution in [0.1, 0.15) is 44.2 Å². The molecule has 1 aromatic heterocycles. The Hall–Kier alpha value is -1.16. The summed E-state index contributed by atoms with van der Waals surface area (Å²) >= 11 is 0. The van der Waals surface area contributed by atoms with Gasteiger partial charge in [-0.15, -0.1) is 0 Å². The summed E-state index contributed by atoms with van der Waals surface area (Å²) < 4.78 is 1.78. The Kier molecular flexibility index (Phi) is 3.63. The summed E-state index contributed by atoms with van der Waals surface area (Å²) in [5, 5.41) is 9.85. The molecule has 1 heterocycles. The number of imidazole rings is 1. The van der Waals surface area contributed by atoms with Crippen LogP contribution in [0.25, 0.3) is 0 Å². The first-order valence-corrected chi connectivity index (χ1v) is 5.31. The molecule has 0 aliphatic heterocycles. The van der Waals surface area contributed by atoms with Gasteiger partial charge in [-0.25, -0.2) is 4.98 Å². The largest absolute Gasteiger partial charge is 0.382 e. The first kappa shape index (κ1) is 11.9. The van der Waals surface area contributed by atoms with Crippen LogP contribution in [-0.4, -0.2) is 26.0 Å². The molecule has 1 unspecified atom stereocenters. The molecule has 1 N–H and O–H groups in total. The van der Waals surface area contributed by atoms with Crippen LogP contribution in [-0.2, 0) is 6.54 Å². The number of aryl methyl sites for hydroxylation is 1. The molecule has 0 fully saturated rings. The number of rotatable bonds is 5. The van der Waals surface area contributed by atoms with Gasteiger partial charge in [-0.3, -0.25) is 4.79 Å². The molecule has 0 radical (unpaired) electrons. The lowest BCUT2D eigenvalue weighted by molar-refractivity contribution is 0.0375. The average Bonchev–Trinajstić information content (AvgIpc) is 2.65. The summed E-state index contributed by atoms with van der Waals surface area (Å²) in [4.78, 5) is 15.9. The van der Waals surface area contributed by atoms with Gasteiger partial charge in [0.05, 0.1) is 0 Å². The Balaban J connectivity index is 2.96. The van der Waals surface area contributed by atoms with Crippen LogP contribution in [0.2, 0.25) is 0 Å². The SMILES string of the molecule is CCCn1ccnc1C(=O)C(C)(O)CC. The van der Waals surface area contributed by atoms with Crippen molar-refractivity contribution in [3.05, 3.63) is 18.2 Å². The summed E-state index contributed by atoms with van der Waals surface area (Å²) in [6.45, 7) is 6.10. The Morgan fingerprint density at radius 2 is 2.27 bits per heavy atom. The van der Waals surface area contributed by atoms with Gasteiger partial charge < -0.3 is 9.67 Å². The Bertz CT molecular complexity index is 342. The topological polar surface area (TPSA) is 55.1 Å². The second-order valence-corrected chi connectivity index (χ2v) is 3.90. The highest BCUT2D eigenvalue weighted by Crippen LogP contribution is 2.15. The highest BCUT2D eigenvalue weighted by Gasteiger charge is 2.31. The minimum atomic E-state index is -1.31. The van der Waals surface area contributed by atoms with Gasteiger partial charge in [-0.05, 0) is 19.8 Å². The second kappa shape index (κ2) is 4.57. The van der Waals surface area contributed by atoms with Crippen LogP contribution in [0, 0.1) is 0 Å². The molecule has 0 saturated carbocycles. The molecule has 0 aliphatic carbocycles. The first-order chi connectivity index (χ1) is 7.03. The molecule has 0 aromatic carbocycles. The third kappa shape index (κ3) is 2.45. The van der Waals surface area contributed by atoms with Crippen LogP contribution in [0.3, 0.4) is 0 Å². The minimum Gasteiger partial charge on any atom is -0.382 e. The number of aliphatic hydroxyl groups is 1. The molecule has 4 heteroatoms. The molecular weight excluding hydrogens is 192 g/mol. The maximum Gasteiger partial charge on any atom is 0.229 e. The quantitative estimate of drug-likeness (QED) is 0.751. The van der Waals surface area contributed by atoms with E-state index in [1.54, 1.807) is 23.9 Å². The Morgan fingerprint density at radius 1 is 1.60 bits per heavy atom. The molecule has 0 aliphatic rings. The maximum atomic E-state index is 11.9. The number of Topliss-reactive ketones (excluding diaryl/α,β-unsaturated/α-hetero) is 1. The molecule has 0 amide bonds. The molecule has 0 spiro atoms. The minimum absolute atomic E-state index is 0.302. The van der Waals surface area contributed by atoms with Crippen molar-refractivity contribution in [3.63, 3.8) is 0 Å². The highest BCUT2D eigenvalue weighted by molar-refractivity contribution is 5.99. The van der Waals surface area contributed by atoms with E-state index in [0.717, 1.165) is 13.0 Å². The van der Waals surface area contributed by atoms with Crippen molar-refractivity contribution in [1.82, 2.24) is 9.55 Å². The van der Waals surface area contributed by atoms with Gasteiger partial charge in [0.15, 0.2) is 5.82 Å². The van der Waals surface area contributed by atoms with Gasteiger partial charge in [0.2, 0.25) is 5.78 Å². The van der Waals surface area contributed by atoms with Crippen LogP contribution in [0.4, 0.5) is 0 Å². The van der Waals surface area contributed by atoms with Crippen LogP contribution >= 0.6 is 0 Å². The smallest absolute Gasteiger partial charge is 0.229 e. The zero-order chi connectivity index (χ0) is 11.5. The summed E-state index contributed by atoms with van der Waals surface area (Å²) in [6, 6.07) is 0. The normalized spacial score (nSPS) is 14.9. The molecule has 0 bridgehead atoms. The van der Waals surface area contributed by atoms with E-state index in [4.69, 9.17) is 0 Å². The third-order valence-corrected chi connectivity index (χ3v) is 2.56. The molecule has 0 saturated heterocycles. The summed E-state index contributed by atoms with van der Waals surface area (Å²) in [7, 11) is 0. The molecule has 1 rings (SSSR count). The van der Waals surface area contributed by atoms with Crippen molar-refractivity contribution in [2.45, 2.75) is 45.8 Å². The molecule has 1 aromatic rings. The van der Waals surface area contributed by atoms with Crippen molar-refractivity contribution >= 4 is 5.78 Å². The predicted molar refractivity (Wildman–Crippen MR) is 57.8 cm³/mol. The number of carbonyl (C=O) groups is 1. The van der Waals surface area contributed by atoms with Crippen molar-refractivity contribution < 1.29 is 9.90 Å². The second-order valence-electron chi connectivity index (χ2n) is 3.90. The third-order valence-electron chi connectivity index (χ3n) is 2.56. The zero-order valence-electron chi connectivity index (χ0n) is 9.53. The summed E-state index contributed by atoms with van der Waals surface area (Å²) in [5.41, 5.74) is -1.31. The fraction of sp³-hybridized carbons (Fsp3) is 0.636. The van der Waals surface area contributed by atoms with Gasteiger partial charge in [0.1, 0.15) is 5.60 Å². The average molecular weight is 210 g/mol. The van der Waals surface area contributed by atoms with Crippen LogP contribution in [0.15, 0.2) is 12.4 Å². The number of hydrogen-bond acceptors (Lipinski definition) is 3. The molecule has 1 atom stereocenters. The van der Waals surface area contributed by atoms with E-state index in [1.807, 2.05) is 6.92 Å². The van der Waals surface area contributed by atoms with Crippen LogP contribution < -0.4 is 0 Å². The molecule has 15 heavy (non-hydrogen) atoms. The number of nitrogens with zero attached hydrogens (tertiary/aromatic N) is 2. The molecular formula is C11H18N2O2. The highest BCUT2D eigenvalue weighted by atomic mass is 16.3. The Morgan fingerprint density at radius 3 is 2.80 bits per heavy atom. The zero-order valence-corrected chi connectivity index (χ0v) is 9.53. The van der Waals surface area contributed by atoms with E-state index >= 15 is 0 Å². The van der Waals surface area contributed by atoms with E-state index < -0.39 is 5.60 Å².